The molecule has 2 amide bonds. The third kappa shape index (κ3) is 3.83. The topological polar surface area (TPSA) is 95.9 Å². The molecule has 2 aromatic rings. The van der Waals surface area contributed by atoms with Crippen molar-refractivity contribution >= 4 is 23.5 Å². The van der Waals surface area contributed by atoms with Gasteiger partial charge in [0, 0.05) is 23.7 Å². The highest BCUT2D eigenvalue weighted by Gasteiger charge is 2.34. The Hall–Kier alpha value is -3.35. The van der Waals surface area contributed by atoms with Crippen LogP contribution >= 0.6 is 0 Å². The molecule has 0 radical (unpaired) electrons. The molecule has 7 nitrogen and oxygen atoms in total. The highest BCUT2D eigenvalue weighted by Crippen LogP contribution is 2.30. The lowest BCUT2D eigenvalue weighted by atomic mass is 10.1. The highest BCUT2D eigenvalue weighted by molar-refractivity contribution is 5.99. The van der Waals surface area contributed by atoms with Gasteiger partial charge in [0.25, 0.3) is 11.8 Å². The van der Waals surface area contributed by atoms with Crippen LogP contribution in [-0.4, -0.2) is 46.5 Å². The number of benzene rings is 2. The third-order valence-electron chi connectivity index (χ3n) is 4.87. The van der Waals surface area contributed by atoms with Crippen LogP contribution in [-0.2, 0) is 16.0 Å². The lowest BCUT2D eigenvalue weighted by molar-refractivity contribution is -0.137. The fourth-order valence-corrected chi connectivity index (χ4v) is 3.35. The average Bonchev–Trinajstić information content (AvgIpc) is 3.43. The summed E-state index contributed by atoms with van der Waals surface area (Å²) in [7, 11) is 0. The van der Waals surface area contributed by atoms with E-state index in [0.29, 0.717) is 23.4 Å². The number of ether oxygens (including phenoxy) is 1. The lowest BCUT2D eigenvalue weighted by Gasteiger charge is -2.20. The predicted molar refractivity (Wildman–Crippen MR) is 101 cm³/mol. The van der Waals surface area contributed by atoms with Crippen LogP contribution < -0.4 is 10.1 Å². The zero-order chi connectivity index (χ0) is 19.7. The van der Waals surface area contributed by atoms with E-state index in [4.69, 9.17) is 9.84 Å². The van der Waals surface area contributed by atoms with E-state index in [1.54, 1.807) is 24.3 Å². The smallest absolute Gasteiger partial charge is 0.323 e. The first-order chi connectivity index (χ1) is 13.5. The van der Waals surface area contributed by atoms with Gasteiger partial charge in [-0.05, 0) is 42.7 Å². The number of nitrogens with one attached hydrogen (secondary N) is 1. The van der Waals surface area contributed by atoms with Crippen LogP contribution in [0.15, 0.2) is 48.5 Å². The van der Waals surface area contributed by atoms with E-state index in [1.807, 2.05) is 24.3 Å². The van der Waals surface area contributed by atoms with Crippen molar-refractivity contribution in [2.75, 3.05) is 11.9 Å². The molecule has 2 N–H and O–H groups in total. The van der Waals surface area contributed by atoms with Gasteiger partial charge in [0.2, 0.25) is 0 Å². The number of aliphatic carboxylic acids is 1. The number of carbonyl (C=O) groups excluding carboxylic acids is 2. The van der Waals surface area contributed by atoms with Gasteiger partial charge in [-0.25, -0.2) is 0 Å². The summed E-state index contributed by atoms with van der Waals surface area (Å²) in [6.45, 7) is -0.325. The van der Waals surface area contributed by atoms with E-state index in [0.717, 1.165) is 18.4 Å². The molecule has 144 valence electrons. The molecule has 1 aliphatic heterocycles. The number of carboxylic acids is 1. The number of carbonyl (C=O) groups is 3. The molecule has 0 aromatic heterocycles. The number of nitrogens with zero attached hydrogens (tertiary/aromatic N) is 1. The molecule has 28 heavy (non-hydrogen) atoms. The van der Waals surface area contributed by atoms with Gasteiger partial charge in [-0.3, -0.25) is 14.4 Å². The van der Waals surface area contributed by atoms with Crippen LogP contribution in [0.25, 0.3) is 0 Å². The second-order valence-electron chi connectivity index (χ2n) is 7.05. The first-order valence-electron chi connectivity index (χ1n) is 9.19. The van der Waals surface area contributed by atoms with Gasteiger partial charge >= 0.3 is 5.97 Å². The Morgan fingerprint density at radius 1 is 1.11 bits per heavy atom. The fourth-order valence-electron chi connectivity index (χ4n) is 3.35. The molecule has 2 aromatic carbocycles. The van der Waals surface area contributed by atoms with E-state index < -0.39 is 12.1 Å². The summed E-state index contributed by atoms with van der Waals surface area (Å²) in [5.41, 5.74) is 1.81. The molecule has 0 spiro atoms. The van der Waals surface area contributed by atoms with Gasteiger partial charge in [0.15, 0.2) is 6.10 Å². The third-order valence-corrected chi connectivity index (χ3v) is 4.87. The SMILES string of the molecule is O=C(O)CN(C(=O)c1cccc(NC(=O)C2Cc3ccccc3O2)c1)C1CC1. The zero-order valence-electron chi connectivity index (χ0n) is 15.1. The Morgan fingerprint density at radius 2 is 1.89 bits per heavy atom. The van der Waals surface area contributed by atoms with Gasteiger partial charge in [-0.2, -0.15) is 0 Å². The van der Waals surface area contributed by atoms with Crippen LogP contribution in [0.5, 0.6) is 5.75 Å². The molecular weight excluding hydrogens is 360 g/mol. The number of hydrogen-bond acceptors (Lipinski definition) is 4. The standard InChI is InChI=1S/C21H20N2O5/c24-19(25)12-23(16-8-9-16)21(27)14-5-3-6-15(10-14)22-20(26)18-11-13-4-1-2-7-17(13)28-18/h1-7,10,16,18H,8-9,11-12H2,(H,22,26)(H,24,25). The Kier molecular flexibility index (Phi) is 4.73. The van der Waals surface area contributed by atoms with Crippen LogP contribution in [0.1, 0.15) is 28.8 Å². The van der Waals surface area contributed by atoms with Crippen LogP contribution in [0, 0.1) is 0 Å². The predicted octanol–water partition coefficient (Wildman–Crippen LogP) is 2.32. The van der Waals surface area contributed by atoms with Crippen molar-refractivity contribution in [3.63, 3.8) is 0 Å². The summed E-state index contributed by atoms with van der Waals surface area (Å²) in [5.74, 6) is -0.959. The molecule has 4 rings (SSSR count). The Morgan fingerprint density at radius 3 is 2.61 bits per heavy atom. The first-order valence-corrected chi connectivity index (χ1v) is 9.19. The number of fused-ring (bicyclic) bond motifs is 1. The van der Waals surface area contributed by atoms with Gasteiger partial charge in [0.05, 0.1) is 0 Å². The lowest BCUT2D eigenvalue weighted by Crippen LogP contribution is -2.37. The second-order valence-corrected chi connectivity index (χ2v) is 7.05. The Bertz CT molecular complexity index is 913. The van der Waals surface area contributed by atoms with E-state index >= 15 is 0 Å². The number of hydrogen-bond donors (Lipinski definition) is 2. The molecule has 0 bridgehead atoms. The quantitative estimate of drug-likeness (QED) is 0.802. The molecule has 1 heterocycles. The second kappa shape index (κ2) is 7.34. The van der Waals surface area contributed by atoms with Crippen LogP contribution in [0.3, 0.4) is 0 Å². The molecule has 2 aliphatic rings. The maximum absolute atomic E-state index is 12.7. The molecule has 0 saturated heterocycles. The number of amides is 2. The zero-order valence-corrected chi connectivity index (χ0v) is 15.1. The van der Waals surface area contributed by atoms with Crippen molar-refractivity contribution in [2.45, 2.75) is 31.4 Å². The summed E-state index contributed by atoms with van der Waals surface area (Å²) >= 11 is 0. The highest BCUT2D eigenvalue weighted by atomic mass is 16.5. The molecule has 1 saturated carbocycles. The maximum Gasteiger partial charge on any atom is 0.323 e. The van der Waals surface area contributed by atoms with Gasteiger partial charge in [-0.1, -0.05) is 24.3 Å². The summed E-state index contributed by atoms with van der Waals surface area (Å²) in [6, 6.07) is 14.0. The van der Waals surface area contributed by atoms with E-state index in [2.05, 4.69) is 5.32 Å². The van der Waals surface area contributed by atoms with Gasteiger partial charge in [0.1, 0.15) is 12.3 Å². The summed E-state index contributed by atoms with van der Waals surface area (Å²) < 4.78 is 5.69. The minimum atomic E-state index is -1.04. The minimum Gasteiger partial charge on any atom is -0.480 e. The van der Waals surface area contributed by atoms with Crippen molar-refractivity contribution in [1.82, 2.24) is 4.90 Å². The number of para-hydroxylation sites is 1. The fraction of sp³-hybridized carbons (Fsp3) is 0.286. The summed E-state index contributed by atoms with van der Waals surface area (Å²) in [6.07, 6.45) is 1.50. The Balaban J connectivity index is 1.44. The molecule has 7 heteroatoms. The van der Waals surface area contributed by atoms with E-state index in [-0.39, 0.29) is 24.4 Å². The number of anilines is 1. The number of carboxylic acid groups (broad SMARTS) is 1. The number of rotatable bonds is 6. The van der Waals surface area contributed by atoms with Crippen molar-refractivity contribution in [3.8, 4) is 5.75 Å². The van der Waals surface area contributed by atoms with Crippen molar-refractivity contribution in [2.24, 2.45) is 0 Å². The van der Waals surface area contributed by atoms with Gasteiger partial charge < -0.3 is 20.1 Å². The summed E-state index contributed by atoms with van der Waals surface area (Å²) in [4.78, 5) is 37.7. The van der Waals surface area contributed by atoms with Crippen molar-refractivity contribution in [3.05, 3.63) is 59.7 Å². The van der Waals surface area contributed by atoms with E-state index in [1.165, 1.54) is 4.90 Å². The Labute approximate surface area is 161 Å². The van der Waals surface area contributed by atoms with Crippen molar-refractivity contribution in [1.29, 1.82) is 0 Å². The monoisotopic (exact) mass is 380 g/mol. The summed E-state index contributed by atoms with van der Waals surface area (Å²) in [5, 5.41) is 11.8. The minimum absolute atomic E-state index is 0.0211. The van der Waals surface area contributed by atoms with E-state index in [9.17, 15) is 14.4 Å². The maximum atomic E-state index is 12.7. The molecule has 1 fully saturated rings. The largest absolute Gasteiger partial charge is 0.480 e. The molecule has 1 unspecified atom stereocenters. The van der Waals surface area contributed by atoms with Crippen LogP contribution in [0.2, 0.25) is 0 Å². The van der Waals surface area contributed by atoms with Gasteiger partial charge in [-0.15, -0.1) is 0 Å². The molecule has 1 aliphatic carbocycles. The van der Waals surface area contributed by atoms with Crippen LogP contribution in [0.4, 0.5) is 5.69 Å². The first kappa shape index (κ1) is 18.0. The average molecular weight is 380 g/mol. The van der Waals surface area contributed by atoms with Crippen molar-refractivity contribution < 1.29 is 24.2 Å². The normalized spacial score (nSPS) is 17.4. The molecule has 1 atom stereocenters. The molecular formula is C21H20N2O5.